The van der Waals surface area contributed by atoms with E-state index in [1.165, 1.54) is 42.2 Å². The van der Waals surface area contributed by atoms with Crippen LogP contribution in [0.3, 0.4) is 0 Å². The molecule has 20 heavy (non-hydrogen) atoms. The van der Waals surface area contributed by atoms with Gasteiger partial charge in [0.15, 0.2) is 0 Å². The maximum absolute atomic E-state index is 5.56. The minimum atomic E-state index is 0.838. The van der Waals surface area contributed by atoms with Gasteiger partial charge in [0.25, 0.3) is 0 Å². The lowest BCUT2D eigenvalue weighted by molar-refractivity contribution is -0.960. The fraction of sp³-hybridized carbons (Fsp3) is 0.647. The molecule has 0 aromatic heterocycles. The third kappa shape index (κ3) is 2.18. The fourth-order valence-electron chi connectivity index (χ4n) is 4.37. The van der Waals surface area contributed by atoms with Crippen molar-refractivity contribution in [3.63, 3.8) is 0 Å². The van der Waals surface area contributed by atoms with Crippen LogP contribution in [0.2, 0.25) is 0 Å². The molecule has 2 bridgehead atoms. The molecule has 2 unspecified atom stereocenters. The molecular formula is C17H26NO2+. The van der Waals surface area contributed by atoms with Crippen LogP contribution in [0.5, 0.6) is 11.5 Å². The second-order valence-electron chi connectivity index (χ2n) is 6.50. The highest BCUT2D eigenvalue weighted by Crippen LogP contribution is 2.43. The molecule has 0 saturated carbocycles. The number of ether oxygens (including phenoxy) is 2. The van der Waals surface area contributed by atoms with E-state index in [4.69, 9.17) is 9.47 Å². The topological polar surface area (TPSA) is 18.5 Å². The van der Waals surface area contributed by atoms with Crippen molar-refractivity contribution in [2.45, 2.75) is 50.7 Å². The second kappa shape index (κ2) is 5.28. The summed E-state index contributed by atoms with van der Waals surface area (Å²) in [5.41, 5.74) is 1.29. The normalized spacial score (nSPS) is 32.1. The average Bonchev–Trinajstić information content (AvgIpc) is 2.67. The summed E-state index contributed by atoms with van der Waals surface area (Å²) in [4.78, 5) is 0. The highest BCUT2D eigenvalue weighted by molar-refractivity contribution is 5.39. The first-order chi connectivity index (χ1) is 9.67. The molecule has 2 aliphatic heterocycles. The molecule has 0 radical (unpaired) electrons. The van der Waals surface area contributed by atoms with E-state index in [0.717, 1.165) is 30.1 Å². The van der Waals surface area contributed by atoms with Gasteiger partial charge in [-0.05, 0) is 37.5 Å². The Morgan fingerprint density at radius 1 is 1.05 bits per heavy atom. The Labute approximate surface area is 122 Å². The van der Waals surface area contributed by atoms with Gasteiger partial charge in [-0.3, -0.25) is 0 Å². The van der Waals surface area contributed by atoms with E-state index in [1.54, 1.807) is 14.2 Å². The molecule has 0 spiro atoms. The first kappa shape index (κ1) is 13.7. The monoisotopic (exact) mass is 276 g/mol. The summed E-state index contributed by atoms with van der Waals surface area (Å²) in [6, 6.07) is 7.84. The maximum atomic E-state index is 5.56. The summed E-state index contributed by atoms with van der Waals surface area (Å²) < 4.78 is 12.1. The third-order valence-corrected chi connectivity index (χ3v) is 5.57. The van der Waals surface area contributed by atoms with E-state index < -0.39 is 0 Å². The van der Waals surface area contributed by atoms with Crippen LogP contribution in [0.4, 0.5) is 0 Å². The second-order valence-corrected chi connectivity index (χ2v) is 6.50. The number of fused-ring (bicyclic) bond motifs is 2. The lowest BCUT2D eigenvalue weighted by Gasteiger charge is -2.45. The molecule has 3 nitrogen and oxygen atoms in total. The molecule has 2 saturated heterocycles. The van der Waals surface area contributed by atoms with Crippen molar-refractivity contribution >= 4 is 0 Å². The summed E-state index contributed by atoms with van der Waals surface area (Å²) >= 11 is 0. The van der Waals surface area contributed by atoms with Gasteiger partial charge < -0.3 is 14.0 Å². The number of benzene rings is 1. The first-order valence-electron chi connectivity index (χ1n) is 7.73. The first-order valence-corrected chi connectivity index (χ1v) is 7.73. The van der Waals surface area contributed by atoms with Gasteiger partial charge in [-0.25, -0.2) is 0 Å². The lowest BCUT2D eigenvalue weighted by atomic mass is 9.98. The Hall–Kier alpha value is -1.22. The van der Waals surface area contributed by atoms with E-state index in [0.29, 0.717) is 0 Å². The van der Waals surface area contributed by atoms with Crippen molar-refractivity contribution in [2.24, 2.45) is 0 Å². The lowest BCUT2D eigenvalue weighted by Crippen LogP contribution is -2.55. The van der Waals surface area contributed by atoms with Crippen LogP contribution in [0.15, 0.2) is 18.2 Å². The van der Waals surface area contributed by atoms with E-state index in [1.807, 2.05) is 12.1 Å². The number of methoxy groups -OCH3 is 2. The molecule has 2 atom stereocenters. The minimum Gasteiger partial charge on any atom is -0.497 e. The number of hydrogen-bond donors (Lipinski definition) is 0. The van der Waals surface area contributed by atoms with Gasteiger partial charge in [0.1, 0.15) is 18.0 Å². The molecule has 0 N–H and O–H groups in total. The quantitative estimate of drug-likeness (QED) is 0.785. The van der Waals surface area contributed by atoms with Gasteiger partial charge in [-0.1, -0.05) is 0 Å². The van der Waals surface area contributed by atoms with Crippen molar-refractivity contribution < 1.29 is 14.0 Å². The van der Waals surface area contributed by atoms with Crippen LogP contribution in [0.25, 0.3) is 0 Å². The molecule has 3 heteroatoms. The molecule has 3 rings (SSSR count). The van der Waals surface area contributed by atoms with Crippen LogP contribution in [0, 0.1) is 0 Å². The summed E-state index contributed by atoms with van der Waals surface area (Å²) in [7, 11) is 5.93. The summed E-state index contributed by atoms with van der Waals surface area (Å²) in [6.45, 7) is 1.07. The highest BCUT2D eigenvalue weighted by Gasteiger charge is 2.48. The molecule has 110 valence electrons. The van der Waals surface area contributed by atoms with Crippen LogP contribution in [-0.4, -0.2) is 37.8 Å². The van der Waals surface area contributed by atoms with E-state index in [2.05, 4.69) is 13.1 Å². The molecule has 2 heterocycles. The smallest absolute Gasteiger partial charge is 0.127 e. The maximum Gasteiger partial charge on any atom is 0.127 e. The van der Waals surface area contributed by atoms with E-state index in [9.17, 15) is 0 Å². The molecular weight excluding hydrogens is 250 g/mol. The summed E-state index contributed by atoms with van der Waals surface area (Å²) in [6.07, 6.45) is 6.98. The number of piperidine rings is 1. The van der Waals surface area contributed by atoms with Crippen molar-refractivity contribution in [3.8, 4) is 11.5 Å². The third-order valence-electron chi connectivity index (χ3n) is 5.57. The number of hydrogen-bond acceptors (Lipinski definition) is 2. The van der Waals surface area contributed by atoms with Crippen LogP contribution in [0.1, 0.15) is 37.7 Å². The van der Waals surface area contributed by atoms with Gasteiger partial charge in [-0.2, -0.15) is 0 Å². The molecule has 1 aromatic carbocycles. The zero-order valence-corrected chi connectivity index (χ0v) is 12.9. The Balaban J connectivity index is 1.90. The Bertz CT molecular complexity index is 470. The van der Waals surface area contributed by atoms with Crippen molar-refractivity contribution in [1.82, 2.24) is 0 Å². The van der Waals surface area contributed by atoms with Gasteiger partial charge in [0, 0.05) is 12.8 Å². The summed E-state index contributed by atoms with van der Waals surface area (Å²) in [5, 5.41) is 0. The highest BCUT2D eigenvalue weighted by atomic mass is 16.5. The Morgan fingerprint density at radius 3 is 2.35 bits per heavy atom. The zero-order valence-electron chi connectivity index (χ0n) is 12.9. The molecule has 0 aliphatic carbocycles. The fourth-order valence-corrected chi connectivity index (χ4v) is 4.37. The zero-order chi connectivity index (χ0) is 14.2. The minimum absolute atomic E-state index is 0.838. The largest absolute Gasteiger partial charge is 0.497 e. The predicted molar refractivity (Wildman–Crippen MR) is 80.1 cm³/mol. The van der Waals surface area contributed by atoms with Gasteiger partial charge >= 0.3 is 0 Å². The van der Waals surface area contributed by atoms with E-state index in [-0.39, 0.29) is 0 Å². The number of nitrogens with zero attached hydrogens (tertiary/aromatic N) is 1. The Kier molecular flexibility index (Phi) is 3.63. The number of rotatable bonds is 4. The predicted octanol–water partition coefficient (Wildman–Crippen LogP) is 3.37. The van der Waals surface area contributed by atoms with Gasteiger partial charge in [0.2, 0.25) is 0 Å². The van der Waals surface area contributed by atoms with Crippen molar-refractivity contribution in [2.75, 3.05) is 21.3 Å². The van der Waals surface area contributed by atoms with Gasteiger partial charge in [0.05, 0.1) is 38.9 Å². The molecule has 1 aromatic rings. The molecule has 2 aliphatic rings. The SMILES string of the molecule is COc1ccc(OC)c(C[N+]2(C)C3CCCC2CC3)c1. The number of quaternary nitrogens is 1. The van der Waals surface area contributed by atoms with Crippen LogP contribution < -0.4 is 9.47 Å². The van der Waals surface area contributed by atoms with Crippen LogP contribution in [-0.2, 0) is 6.54 Å². The van der Waals surface area contributed by atoms with Crippen LogP contribution >= 0.6 is 0 Å². The summed E-state index contributed by atoms with van der Waals surface area (Å²) in [5.74, 6) is 1.92. The molecule has 0 amide bonds. The van der Waals surface area contributed by atoms with Gasteiger partial charge in [-0.15, -0.1) is 0 Å². The average molecular weight is 276 g/mol. The Morgan fingerprint density at radius 2 is 1.75 bits per heavy atom. The molecule has 2 fully saturated rings. The standard InChI is InChI=1S/C17H26NO2/c1-18(14-5-4-6-15(18)8-7-14)12-13-11-16(19-2)9-10-17(13)20-3/h9-11,14-15H,4-8,12H2,1-3H3/q+1. The van der Waals surface area contributed by atoms with Crippen molar-refractivity contribution in [3.05, 3.63) is 23.8 Å². The van der Waals surface area contributed by atoms with E-state index >= 15 is 0 Å². The van der Waals surface area contributed by atoms with Crippen molar-refractivity contribution in [1.29, 1.82) is 0 Å².